The summed E-state index contributed by atoms with van der Waals surface area (Å²) in [5, 5.41) is 0. The van der Waals surface area contributed by atoms with Crippen molar-refractivity contribution in [3.63, 3.8) is 0 Å². The van der Waals surface area contributed by atoms with Crippen LogP contribution in [0.2, 0.25) is 0 Å². The molecule has 20 heavy (non-hydrogen) atoms. The molecule has 112 valence electrons. The van der Waals surface area contributed by atoms with E-state index in [0.29, 0.717) is 24.4 Å². The lowest BCUT2D eigenvalue weighted by atomic mass is 10.3. The zero-order valence-corrected chi connectivity index (χ0v) is 12.5. The van der Waals surface area contributed by atoms with Crippen LogP contribution >= 0.6 is 7.60 Å². The lowest BCUT2D eigenvalue weighted by Gasteiger charge is -2.21. The molecule has 2 N–H and O–H groups in total. The van der Waals surface area contributed by atoms with Crippen LogP contribution in [0, 0.1) is 0 Å². The predicted molar refractivity (Wildman–Crippen MR) is 76.4 cm³/mol. The molecule has 0 fully saturated rings. The van der Waals surface area contributed by atoms with E-state index in [9.17, 15) is 9.36 Å². The molecule has 0 aliphatic carbocycles. The van der Waals surface area contributed by atoms with Gasteiger partial charge in [0.1, 0.15) is 12.4 Å². The van der Waals surface area contributed by atoms with E-state index in [-0.39, 0.29) is 12.7 Å². The van der Waals surface area contributed by atoms with Crippen molar-refractivity contribution in [2.75, 3.05) is 19.3 Å². The normalized spacial score (nSPS) is 15.2. The molecule has 0 bridgehead atoms. The van der Waals surface area contributed by atoms with Crippen LogP contribution in [-0.4, -0.2) is 31.7 Å². The Morgan fingerprint density at radius 2 is 2.00 bits per heavy atom. The third kappa shape index (κ3) is 4.96. The molecule has 2 atom stereocenters. The van der Waals surface area contributed by atoms with Gasteiger partial charge in [-0.25, -0.2) is 4.57 Å². The van der Waals surface area contributed by atoms with Gasteiger partial charge in [-0.05, 0) is 26.0 Å². The van der Waals surface area contributed by atoms with Gasteiger partial charge in [-0.2, -0.15) is 0 Å². The van der Waals surface area contributed by atoms with Gasteiger partial charge in [0.05, 0.1) is 12.8 Å². The first-order valence-electron chi connectivity index (χ1n) is 6.39. The Kier molecular flexibility index (Phi) is 6.71. The highest BCUT2D eigenvalue weighted by Crippen LogP contribution is 2.50. The maximum absolute atomic E-state index is 12.6. The van der Waals surface area contributed by atoms with E-state index in [1.807, 2.05) is 6.92 Å². The van der Waals surface area contributed by atoms with Gasteiger partial charge < -0.3 is 19.8 Å². The van der Waals surface area contributed by atoms with Crippen LogP contribution in [0.4, 0.5) is 0 Å². The molecule has 1 rings (SSSR count). The van der Waals surface area contributed by atoms with Gasteiger partial charge in [0, 0.05) is 6.54 Å². The topological polar surface area (TPSA) is 87.8 Å². The number of carbonyl (C=O) groups is 1. The second kappa shape index (κ2) is 8.04. The number of benzene rings is 1. The van der Waals surface area contributed by atoms with Crippen molar-refractivity contribution >= 4 is 13.9 Å². The van der Waals surface area contributed by atoms with Crippen LogP contribution in [-0.2, 0) is 13.9 Å². The number of ether oxygens (including phenoxy) is 1. The summed E-state index contributed by atoms with van der Waals surface area (Å²) in [6, 6.07) is 6.84. The van der Waals surface area contributed by atoms with Crippen molar-refractivity contribution in [3.8, 4) is 11.5 Å². The van der Waals surface area contributed by atoms with Crippen molar-refractivity contribution < 1.29 is 23.1 Å². The first kappa shape index (κ1) is 16.7. The van der Waals surface area contributed by atoms with Crippen LogP contribution in [0.5, 0.6) is 11.5 Å². The largest absolute Gasteiger partial charge is 0.490 e. The number of para-hydroxylation sites is 2. The van der Waals surface area contributed by atoms with Gasteiger partial charge in [0.2, 0.25) is 0 Å². The van der Waals surface area contributed by atoms with E-state index < -0.39 is 13.7 Å². The Labute approximate surface area is 118 Å². The van der Waals surface area contributed by atoms with Crippen LogP contribution in [0.25, 0.3) is 0 Å². The quantitative estimate of drug-likeness (QED) is 0.556. The zero-order chi connectivity index (χ0) is 15.0. The van der Waals surface area contributed by atoms with Crippen LogP contribution in [0.1, 0.15) is 13.8 Å². The minimum absolute atomic E-state index is 0.0195. The molecular formula is C13H20NO5P. The minimum Gasteiger partial charge on any atom is -0.490 e. The summed E-state index contributed by atoms with van der Waals surface area (Å²) in [6.45, 7) is 3.90. The van der Waals surface area contributed by atoms with E-state index in [4.69, 9.17) is 19.5 Å². The molecule has 1 aromatic carbocycles. The summed E-state index contributed by atoms with van der Waals surface area (Å²) in [7, 11) is -3.50. The second-order valence-corrected chi connectivity index (χ2v) is 6.10. The molecule has 7 heteroatoms. The SMILES string of the molecule is CCOc1ccccc1OP(=O)(CCN)O[C@@H](C)C=O. The summed E-state index contributed by atoms with van der Waals surface area (Å²) in [5.74, 6) is 0.777. The van der Waals surface area contributed by atoms with Gasteiger partial charge in [-0.3, -0.25) is 4.52 Å². The lowest BCUT2D eigenvalue weighted by Crippen LogP contribution is -2.16. The summed E-state index contributed by atoms with van der Waals surface area (Å²) in [5.41, 5.74) is 5.43. The minimum atomic E-state index is -3.50. The highest BCUT2D eigenvalue weighted by Gasteiger charge is 2.29. The summed E-state index contributed by atoms with van der Waals surface area (Å²) >= 11 is 0. The Morgan fingerprint density at radius 1 is 1.35 bits per heavy atom. The second-order valence-electron chi connectivity index (χ2n) is 4.04. The maximum atomic E-state index is 12.6. The van der Waals surface area contributed by atoms with Crippen molar-refractivity contribution in [3.05, 3.63) is 24.3 Å². The average Bonchev–Trinajstić information content (AvgIpc) is 2.41. The molecule has 0 amide bonds. The van der Waals surface area contributed by atoms with E-state index in [2.05, 4.69) is 0 Å². The molecule has 0 spiro atoms. The van der Waals surface area contributed by atoms with E-state index in [0.717, 1.165) is 0 Å². The van der Waals surface area contributed by atoms with Crippen molar-refractivity contribution in [1.82, 2.24) is 0 Å². The monoisotopic (exact) mass is 301 g/mol. The standard InChI is InChI=1S/C13H20NO5P/c1-3-17-12-6-4-5-7-13(12)19-20(16,9-8-14)18-11(2)10-15/h4-7,10-11H,3,8-9,14H2,1-2H3/t11-,20?/m0/s1. The smallest absolute Gasteiger partial charge is 0.381 e. The van der Waals surface area contributed by atoms with Crippen LogP contribution < -0.4 is 15.0 Å². The molecule has 1 unspecified atom stereocenters. The number of hydrogen-bond donors (Lipinski definition) is 1. The van der Waals surface area contributed by atoms with Crippen LogP contribution in [0.15, 0.2) is 24.3 Å². The summed E-state index contributed by atoms with van der Waals surface area (Å²) < 4.78 is 28.6. The predicted octanol–water partition coefficient (Wildman–Crippen LogP) is 2.22. The first-order chi connectivity index (χ1) is 9.54. The third-order valence-corrected chi connectivity index (χ3v) is 4.24. The summed E-state index contributed by atoms with van der Waals surface area (Å²) in [4.78, 5) is 10.7. The van der Waals surface area contributed by atoms with E-state index >= 15 is 0 Å². The molecule has 6 nitrogen and oxygen atoms in total. The number of hydrogen-bond acceptors (Lipinski definition) is 6. The van der Waals surface area contributed by atoms with E-state index in [1.54, 1.807) is 24.3 Å². The zero-order valence-electron chi connectivity index (χ0n) is 11.7. The molecule has 0 saturated carbocycles. The molecule has 1 aromatic rings. The number of nitrogens with two attached hydrogens (primary N) is 1. The van der Waals surface area contributed by atoms with E-state index in [1.165, 1.54) is 6.92 Å². The fraction of sp³-hybridized carbons (Fsp3) is 0.462. The highest BCUT2D eigenvalue weighted by atomic mass is 31.2. The number of carbonyl (C=O) groups excluding carboxylic acids is 1. The van der Waals surface area contributed by atoms with Gasteiger partial charge in [-0.1, -0.05) is 12.1 Å². The molecule has 0 aliphatic rings. The van der Waals surface area contributed by atoms with Crippen molar-refractivity contribution in [1.29, 1.82) is 0 Å². The molecule has 0 saturated heterocycles. The molecule has 0 aromatic heterocycles. The fourth-order valence-corrected chi connectivity index (χ4v) is 3.07. The lowest BCUT2D eigenvalue weighted by molar-refractivity contribution is -0.113. The van der Waals surface area contributed by atoms with Gasteiger partial charge in [-0.15, -0.1) is 0 Å². The first-order valence-corrected chi connectivity index (χ1v) is 8.11. The Bertz CT molecular complexity index is 480. The maximum Gasteiger partial charge on any atom is 0.381 e. The van der Waals surface area contributed by atoms with Crippen molar-refractivity contribution in [2.45, 2.75) is 20.0 Å². The van der Waals surface area contributed by atoms with Gasteiger partial charge in [0.25, 0.3) is 0 Å². The number of rotatable bonds is 9. The number of aldehydes is 1. The van der Waals surface area contributed by atoms with Crippen molar-refractivity contribution in [2.24, 2.45) is 5.73 Å². The summed E-state index contributed by atoms with van der Waals surface area (Å²) in [6.07, 6.45) is -0.251. The Hall–Kier alpha value is -1.36. The highest BCUT2D eigenvalue weighted by molar-refractivity contribution is 7.54. The molecular weight excluding hydrogens is 281 g/mol. The average molecular weight is 301 g/mol. The molecule has 0 heterocycles. The van der Waals surface area contributed by atoms with Crippen LogP contribution in [0.3, 0.4) is 0 Å². The third-order valence-electron chi connectivity index (χ3n) is 2.31. The Morgan fingerprint density at radius 3 is 2.55 bits per heavy atom. The molecule has 0 radical (unpaired) electrons. The van der Waals surface area contributed by atoms with Gasteiger partial charge in [0.15, 0.2) is 11.5 Å². The fourth-order valence-electron chi connectivity index (χ4n) is 1.51. The Balaban J connectivity index is 2.95. The van der Waals surface area contributed by atoms with Gasteiger partial charge >= 0.3 is 7.60 Å². The molecule has 0 aliphatic heterocycles.